The van der Waals surface area contributed by atoms with Crippen LogP contribution in [0.2, 0.25) is 5.02 Å². The molecule has 1 fully saturated rings. The second-order valence-corrected chi connectivity index (χ2v) is 7.71. The number of piperazine rings is 1. The van der Waals surface area contributed by atoms with E-state index in [2.05, 4.69) is 42.7 Å². The highest BCUT2D eigenvalue weighted by Crippen LogP contribution is 2.22. The van der Waals surface area contributed by atoms with Crippen LogP contribution < -0.4 is 15.5 Å². The van der Waals surface area contributed by atoms with Gasteiger partial charge in [-0.3, -0.25) is 5.10 Å². The molecular weight excluding hydrogens is 388 g/mol. The number of likely N-dealkylation sites (N-methyl/N-ethyl adjacent to an activating group) is 1. The summed E-state index contributed by atoms with van der Waals surface area (Å²) in [4.78, 5) is 14.0. The molecule has 4 rings (SSSR count). The van der Waals surface area contributed by atoms with Crippen LogP contribution in [0, 0.1) is 6.92 Å². The first-order chi connectivity index (χ1) is 14.0. The van der Waals surface area contributed by atoms with E-state index in [-0.39, 0.29) is 0 Å². The van der Waals surface area contributed by atoms with Gasteiger partial charge in [0, 0.05) is 55.6 Å². The second kappa shape index (κ2) is 8.67. The molecule has 0 atom stereocenters. The number of anilines is 4. The third-order valence-corrected chi connectivity index (χ3v) is 5.08. The van der Waals surface area contributed by atoms with E-state index in [1.165, 1.54) is 0 Å². The van der Waals surface area contributed by atoms with Crippen LogP contribution in [0.15, 0.2) is 36.4 Å². The van der Waals surface area contributed by atoms with Gasteiger partial charge in [-0.2, -0.15) is 15.1 Å². The molecule has 3 aromatic rings. The Morgan fingerprint density at radius 1 is 1.07 bits per heavy atom. The molecule has 152 valence electrons. The zero-order valence-electron chi connectivity index (χ0n) is 16.6. The van der Waals surface area contributed by atoms with Crippen LogP contribution in [0.4, 0.5) is 23.4 Å². The van der Waals surface area contributed by atoms with Gasteiger partial charge in [-0.15, -0.1) is 0 Å². The van der Waals surface area contributed by atoms with Crippen molar-refractivity contribution in [3.63, 3.8) is 0 Å². The third kappa shape index (κ3) is 5.16. The first kappa shape index (κ1) is 19.5. The van der Waals surface area contributed by atoms with E-state index in [0.717, 1.165) is 49.1 Å². The number of hydrogen-bond acceptors (Lipinski definition) is 7. The van der Waals surface area contributed by atoms with Crippen LogP contribution in [0.5, 0.6) is 0 Å². The predicted octanol–water partition coefficient (Wildman–Crippen LogP) is 3.27. The predicted molar refractivity (Wildman–Crippen MR) is 117 cm³/mol. The molecule has 1 aliphatic rings. The van der Waals surface area contributed by atoms with Crippen molar-refractivity contribution in [2.75, 3.05) is 48.8 Å². The maximum Gasteiger partial charge on any atom is 0.226 e. The molecule has 2 aromatic heterocycles. The molecular formula is C20H25ClN8. The topological polar surface area (TPSA) is 85.0 Å². The van der Waals surface area contributed by atoms with E-state index in [0.29, 0.717) is 23.3 Å². The summed E-state index contributed by atoms with van der Waals surface area (Å²) in [5.41, 5.74) is 2.06. The van der Waals surface area contributed by atoms with Crippen molar-refractivity contribution in [1.29, 1.82) is 0 Å². The number of hydrogen-bond donors (Lipinski definition) is 3. The number of benzene rings is 1. The smallest absolute Gasteiger partial charge is 0.226 e. The standard InChI is InChI=1S/C20H25ClN8/c1-14-10-18(27-26-14)23-17-12-19(29-8-6-28(2)7-9-29)25-20(24-17)22-13-15-4-3-5-16(21)11-15/h3-5,10-12H,6-9,13H2,1-2H3,(H3,22,23,24,25,26,27). The van der Waals surface area contributed by atoms with Gasteiger partial charge in [-0.1, -0.05) is 23.7 Å². The third-order valence-electron chi connectivity index (χ3n) is 4.84. The highest BCUT2D eigenvalue weighted by atomic mass is 35.5. The lowest BCUT2D eigenvalue weighted by atomic mass is 10.2. The SMILES string of the molecule is Cc1cc(Nc2cc(N3CCN(C)CC3)nc(NCc3cccc(Cl)c3)n2)n[nH]1. The number of aryl methyl sites for hydroxylation is 1. The van der Waals surface area contributed by atoms with Gasteiger partial charge in [0.25, 0.3) is 0 Å². The number of H-pyrrole nitrogens is 1. The summed E-state index contributed by atoms with van der Waals surface area (Å²) in [5.74, 6) is 2.90. The van der Waals surface area contributed by atoms with E-state index in [4.69, 9.17) is 16.6 Å². The van der Waals surface area contributed by atoms with Gasteiger partial charge in [0.15, 0.2) is 5.82 Å². The Morgan fingerprint density at radius 3 is 2.62 bits per heavy atom. The molecule has 0 saturated carbocycles. The average Bonchev–Trinajstić information content (AvgIpc) is 3.11. The van der Waals surface area contributed by atoms with Crippen LogP contribution in [-0.4, -0.2) is 58.3 Å². The van der Waals surface area contributed by atoms with Gasteiger partial charge in [-0.25, -0.2) is 0 Å². The minimum Gasteiger partial charge on any atom is -0.354 e. The Bertz CT molecular complexity index is 965. The minimum atomic E-state index is 0.566. The molecule has 3 heterocycles. The maximum atomic E-state index is 6.09. The molecule has 0 spiro atoms. The summed E-state index contributed by atoms with van der Waals surface area (Å²) < 4.78 is 0. The van der Waals surface area contributed by atoms with Crippen LogP contribution in [0.3, 0.4) is 0 Å². The first-order valence-electron chi connectivity index (χ1n) is 9.65. The molecule has 1 saturated heterocycles. The van der Waals surface area contributed by atoms with E-state index >= 15 is 0 Å². The van der Waals surface area contributed by atoms with Crippen molar-refractivity contribution in [2.24, 2.45) is 0 Å². The molecule has 0 bridgehead atoms. The maximum absolute atomic E-state index is 6.09. The molecule has 0 aliphatic carbocycles. The summed E-state index contributed by atoms with van der Waals surface area (Å²) in [7, 11) is 2.14. The normalized spacial score (nSPS) is 14.8. The molecule has 1 aliphatic heterocycles. The zero-order chi connectivity index (χ0) is 20.2. The molecule has 3 N–H and O–H groups in total. The quantitative estimate of drug-likeness (QED) is 0.572. The number of nitrogens with zero attached hydrogens (tertiary/aromatic N) is 5. The molecule has 0 amide bonds. The average molecular weight is 413 g/mol. The molecule has 1 aromatic carbocycles. The molecule has 8 nitrogen and oxygen atoms in total. The summed E-state index contributed by atoms with van der Waals surface area (Å²) in [6, 6.07) is 11.7. The number of rotatable bonds is 6. The van der Waals surface area contributed by atoms with Gasteiger partial charge in [0.2, 0.25) is 5.95 Å². The van der Waals surface area contributed by atoms with Crippen LogP contribution in [0.1, 0.15) is 11.3 Å². The van der Waals surface area contributed by atoms with Crippen molar-refractivity contribution >= 4 is 35.0 Å². The number of aromatic nitrogens is 4. The van der Waals surface area contributed by atoms with Crippen LogP contribution in [0.25, 0.3) is 0 Å². The second-order valence-electron chi connectivity index (χ2n) is 7.27. The lowest BCUT2D eigenvalue weighted by Gasteiger charge is -2.33. The van der Waals surface area contributed by atoms with Crippen molar-refractivity contribution in [1.82, 2.24) is 25.1 Å². The van der Waals surface area contributed by atoms with Gasteiger partial charge in [0.1, 0.15) is 11.6 Å². The molecule has 29 heavy (non-hydrogen) atoms. The van der Waals surface area contributed by atoms with Crippen molar-refractivity contribution < 1.29 is 0 Å². The largest absolute Gasteiger partial charge is 0.354 e. The van der Waals surface area contributed by atoms with Crippen LogP contribution in [-0.2, 0) is 6.54 Å². The Labute approximate surface area is 175 Å². The number of halogens is 1. The lowest BCUT2D eigenvalue weighted by molar-refractivity contribution is 0.312. The number of nitrogens with one attached hydrogen (secondary N) is 3. The zero-order valence-corrected chi connectivity index (χ0v) is 17.4. The fourth-order valence-corrected chi connectivity index (χ4v) is 3.43. The molecule has 0 radical (unpaired) electrons. The highest BCUT2D eigenvalue weighted by Gasteiger charge is 2.17. The Balaban J connectivity index is 1.56. The van der Waals surface area contributed by atoms with Crippen molar-refractivity contribution in [2.45, 2.75) is 13.5 Å². The van der Waals surface area contributed by atoms with Crippen LogP contribution >= 0.6 is 11.6 Å². The van der Waals surface area contributed by atoms with Gasteiger partial charge in [0.05, 0.1) is 0 Å². The van der Waals surface area contributed by atoms with E-state index in [1.807, 2.05) is 43.3 Å². The fraction of sp³-hybridized carbons (Fsp3) is 0.350. The Hall–Kier alpha value is -2.84. The van der Waals surface area contributed by atoms with Crippen molar-refractivity contribution in [3.05, 3.63) is 52.7 Å². The van der Waals surface area contributed by atoms with Gasteiger partial charge in [-0.05, 0) is 31.7 Å². The summed E-state index contributed by atoms with van der Waals surface area (Å²) >= 11 is 6.09. The lowest BCUT2D eigenvalue weighted by Crippen LogP contribution is -2.44. The fourth-order valence-electron chi connectivity index (χ4n) is 3.22. The molecule has 0 unspecified atom stereocenters. The first-order valence-corrected chi connectivity index (χ1v) is 10.0. The summed E-state index contributed by atoms with van der Waals surface area (Å²) in [6.45, 7) is 6.44. The van der Waals surface area contributed by atoms with Crippen molar-refractivity contribution in [3.8, 4) is 0 Å². The van der Waals surface area contributed by atoms with E-state index < -0.39 is 0 Å². The van der Waals surface area contributed by atoms with Gasteiger partial charge >= 0.3 is 0 Å². The highest BCUT2D eigenvalue weighted by molar-refractivity contribution is 6.30. The van der Waals surface area contributed by atoms with E-state index in [9.17, 15) is 0 Å². The summed E-state index contributed by atoms with van der Waals surface area (Å²) in [5, 5.41) is 14.5. The monoisotopic (exact) mass is 412 g/mol. The van der Waals surface area contributed by atoms with E-state index in [1.54, 1.807) is 0 Å². The Morgan fingerprint density at radius 2 is 1.90 bits per heavy atom. The number of aromatic amines is 1. The molecule has 9 heteroatoms. The summed E-state index contributed by atoms with van der Waals surface area (Å²) in [6.07, 6.45) is 0. The minimum absolute atomic E-state index is 0.566. The Kier molecular flexibility index (Phi) is 5.82. The van der Waals surface area contributed by atoms with Gasteiger partial charge < -0.3 is 20.4 Å².